The highest BCUT2D eigenvalue weighted by molar-refractivity contribution is 8.03. The summed E-state index contributed by atoms with van der Waals surface area (Å²) in [4.78, 5) is 51.9. The van der Waals surface area contributed by atoms with Gasteiger partial charge in [0.15, 0.2) is 0 Å². The summed E-state index contributed by atoms with van der Waals surface area (Å²) >= 11 is 1.36. The van der Waals surface area contributed by atoms with E-state index in [1.165, 1.54) is 47.9 Å². The van der Waals surface area contributed by atoms with Crippen molar-refractivity contribution in [2.45, 2.75) is 56.9 Å². The summed E-state index contributed by atoms with van der Waals surface area (Å²) < 4.78 is 7.27. The third-order valence-corrected chi connectivity index (χ3v) is 9.18. The van der Waals surface area contributed by atoms with Gasteiger partial charge >= 0.3 is 12.1 Å². The van der Waals surface area contributed by atoms with E-state index in [2.05, 4.69) is 5.10 Å². The number of carboxylic acids is 1. The summed E-state index contributed by atoms with van der Waals surface area (Å²) in [7, 11) is 0. The Kier molecular flexibility index (Phi) is 7.55. The highest BCUT2D eigenvalue weighted by Gasteiger charge is 2.60. The molecule has 1 aromatic heterocycles. The number of non-ortho nitro benzene ring substituents is 1. The van der Waals surface area contributed by atoms with E-state index < -0.39 is 35.0 Å². The van der Waals surface area contributed by atoms with Crippen LogP contribution in [0.15, 0.2) is 53.3 Å². The molecule has 6 atom stereocenters. The first-order valence-corrected chi connectivity index (χ1v) is 13.7. The van der Waals surface area contributed by atoms with E-state index in [9.17, 15) is 34.7 Å². The van der Waals surface area contributed by atoms with E-state index in [4.69, 9.17) is 4.74 Å². The van der Waals surface area contributed by atoms with Crippen molar-refractivity contribution in [3.63, 3.8) is 0 Å². The highest BCUT2D eigenvalue weighted by atomic mass is 32.2. The molecule has 3 aliphatic rings. The van der Waals surface area contributed by atoms with Crippen LogP contribution in [0.25, 0.3) is 0 Å². The van der Waals surface area contributed by atoms with Gasteiger partial charge in [-0.15, -0.1) is 11.8 Å². The molecule has 2 saturated heterocycles. The predicted octanol–water partition coefficient (Wildman–Crippen LogP) is 2.46. The molecule has 14 heteroatoms. The number of benzene rings is 1. The molecule has 5 rings (SSSR count). The molecule has 2 N–H and O–H groups in total. The van der Waals surface area contributed by atoms with Crippen LogP contribution in [0, 0.1) is 22.0 Å². The van der Waals surface area contributed by atoms with Crippen LogP contribution in [0.2, 0.25) is 0 Å². The van der Waals surface area contributed by atoms with Crippen LogP contribution in [0.4, 0.5) is 10.5 Å². The average molecular weight is 572 g/mol. The number of aromatic nitrogens is 2. The Morgan fingerprint density at radius 1 is 1.30 bits per heavy atom. The number of fused-ring (bicyclic) bond motifs is 1. The van der Waals surface area contributed by atoms with Crippen molar-refractivity contribution in [1.29, 1.82) is 0 Å². The molecule has 2 amide bonds. The van der Waals surface area contributed by atoms with E-state index >= 15 is 0 Å². The summed E-state index contributed by atoms with van der Waals surface area (Å²) in [6, 6.07) is 6.84. The number of hydrogen-bond acceptors (Lipinski definition) is 9. The van der Waals surface area contributed by atoms with Gasteiger partial charge in [-0.1, -0.05) is 6.92 Å². The van der Waals surface area contributed by atoms with Crippen LogP contribution in [0.1, 0.15) is 25.8 Å². The number of likely N-dealkylation sites (tertiary alicyclic amines) is 1. The normalized spacial score (nSPS) is 26.5. The van der Waals surface area contributed by atoms with E-state index in [0.717, 1.165) is 0 Å². The molecule has 3 aliphatic heterocycles. The fourth-order valence-electron chi connectivity index (χ4n) is 5.78. The van der Waals surface area contributed by atoms with Crippen molar-refractivity contribution in [3.8, 4) is 0 Å². The lowest BCUT2D eigenvalue weighted by atomic mass is 9.79. The van der Waals surface area contributed by atoms with Crippen molar-refractivity contribution in [2.24, 2.45) is 11.8 Å². The lowest BCUT2D eigenvalue weighted by Gasteiger charge is -2.46. The third-order valence-electron chi connectivity index (χ3n) is 7.68. The second kappa shape index (κ2) is 10.9. The van der Waals surface area contributed by atoms with Gasteiger partial charge in [0.2, 0.25) is 5.91 Å². The van der Waals surface area contributed by atoms with Gasteiger partial charge < -0.3 is 24.7 Å². The average Bonchev–Trinajstić information content (AvgIpc) is 3.61. The first-order chi connectivity index (χ1) is 19.1. The standard InChI is InChI=1S/C26H29N5O8S/c1-14-21-20(15(2)32)24(33)30(21)22(25(34)35)23(14)40-19-10-18(11-28-9-3-8-27-28)29(12-19)26(36)39-13-16-4-6-17(7-5-16)31(37)38/h3-9,14-15,18-21,32H,10-13H2,1-2H3,(H,34,35)/t14-,15-,18+,19+,20-,21-/m1/s1. The second-order valence-electron chi connectivity index (χ2n) is 10.3. The number of aliphatic hydroxyl groups excluding tert-OH is 1. The quantitative estimate of drug-likeness (QED) is 0.259. The largest absolute Gasteiger partial charge is 0.477 e. The minimum Gasteiger partial charge on any atom is -0.477 e. The van der Waals surface area contributed by atoms with Crippen molar-refractivity contribution >= 4 is 35.4 Å². The molecule has 0 unspecified atom stereocenters. The highest BCUT2D eigenvalue weighted by Crippen LogP contribution is 2.52. The molecule has 0 spiro atoms. The summed E-state index contributed by atoms with van der Waals surface area (Å²) in [5.74, 6) is -2.51. The Bertz CT molecular complexity index is 1350. The van der Waals surface area contributed by atoms with E-state index in [-0.39, 0.29) is 47.7 Å². The molecule has 212 valence electrons. The number of hydrogen-bond donors (Lipinski definition) is 2. The minimum atomic E-state index is -1.19. The lowest BCUT2D eigenvalue weighted by molar-refractivity contribution is -0.384. The summed E-state index contributed by atoms with van der Waals surface area (Å²) in [6.07, 6.45) is 2.53. The van der Waals surface area contributed by atoms with Gasteiger partial charge in [-0.3, -0.25) is 19.6 Å². The van der Waals surface area contributed by atoms with Crippen molar-refractivity contribution in [1.82, 2.24) is 19.6 Å². The number of carbonyl (C=O) groups is 3. The van der Waals surface area contributed by atoms with Crippen LogP contribution < -0.4 is 0 Å². The molecule has 2 aromatic rings. The van der Waals surface area contributed by atoms with Gasteiger partial charge in [-0.25, -0.2) is 9.59 Å². The zero-order valence-corrected chi connectivity index (χ0v) is 22.6. The zero-order chi connectivity index (χ0) is 28.7. The number of aliphatic hydroxyl groups is 1. The first kappa shape index (κ1) is 27.6. The summed E-state index contributed by atoms with van der Waals surface area (Å²) in [6.45, 7) is 4.04. The molecule has 13 nitrogen and oxygen atoms in total. The molecule has 40 heavy (non-hydrogen) atoms. The van der Waals surface area contributed by atoms with Crippen molar-refractivity contribution in [2.75, 3.05) is 6.54 Å². The van der Waals surface area contributed by atoms with Crippen LogP contribution in [0.3, 0.4) is 0 Å². The Hall–Kier alpha value is -3.91. The number of thioether (sulfide) groups is 1. The molecule has 0 saturated carbocycles. The van der Waals surface area contributed by atoms with Crippen molar-refractivity contribution in [3.05, 3.63) is 69.0 Å². The number of β-lactam (4-membered cyclic amide) rings is 1. The number of nitro benzene ring substituents is 1. The number of aliphatic carboxylic acids is 1. The first-order valence-electron chi connectivity index (χ1n) is 12.9. The molecule has 0 aliphatic carbocycles. The van der Waals surface area contributed by atoms with E-state index in [1.807, 2.05) is 6.92 Å². The Labute approximate surface area is 233 Å². The number of nitro groups is 1. The molecule has 0 radical (unpaired) electrons. The number of rotatable bonds is 9. The van der Waals surface area contributed by atoms with Crippen LogP contribution in [0.5, 0.6) is 0 Å². The number of carboxylic acid groups (broad SMARTS) is 1. The molecular formula is C26H29N5O8S. The van der Waals surface area contributed by atoms with Gasteiger partial charge in [0.05, 0.1) is 35.6 Å². The number of ether oxygens (including phenoxy) is 1. The smallest absolute Gasteiger partial charge is 0.410 e. The third kappa shape index (κ3) is 5.04. The second-order valence-corrected chi connectivity index (χ2v) is 11.6. The maximum Gasteiger partial charge on any atom is 0.410 e. The predicted molar refractivity (Wildman–Crippen MR) is 142 cm³/mol. The number of nitrogens with zero attached hydrogens (tertiary/aromatic N) is 5. The molecule has 1 aromatic carbocycles. The maximum atomic E-state index is 13.2. The van der Waals surface area contributed by atoms with E-state index in [0.29, 0.717) is 23.4 Å². The summed E-state index contributed by atoms with van der Waals surface area (Å²) in [5.41, 5.74) is 0.494. The fraction of sp³-hybridized carbons (Fsp3) is 0.462. The van der Waals surface area contributed by atoms with Gasteiger partial charge in [0.1, 0.15) is 12.3 Å². The van der Waals surface area contributed by atoms with Crippen LogP contribution >= 0.6 is 11.8 Å². The SMILES string of the molecule is C[C@@H](O)[C@H]1C(=O)N2C(C(=O)O)=C(S[C@H]3C[C@@H](Cn4cccn4)N(C(=O)OCc4ccc([N+](=O)[O-])cc4)C3)[C@H](C)[C@H]12. The number of amides is 2. The molecule has 4 heterocycles. The van der Waals surface area contributed by atoms with Crippen LogP contribution in [-0.4, -0.2) is 82.7 Å². The van der Waals surface area contributed by atoms with Gasteiger partial charge in [0.25, 0.3) is 5.69 Å². The lowest BCUT2D eigenvalue weighted by Crippen LogP contribution is -2.63. The molecule has 0 bridgehead atoms. The minimum absolute atomic E-state index is 0.0489. The molecule has 2 fully saturated rings. The monoisotopic (exact) mass is 571 g/mol. The Balaban J connectivity index is 1.31. The van der Waals surface area contributed by atoms with Gasteiger partial charge in [-0.05, 0) is 37.1 Å². The van der Waals surface area contributed by atoms with Crippen molar-refractivity contribution < 1.29 is 34.3 Å². The Morgan fingerprint density at radius 2 is 2.02 bits per heavy atom. The molecular weight excluding hydrogens is 542 g/mol. The van der Waals surface area contributed by atoms with E-state index in [1.54, 1.807) is 28.0 Å². The van der Waals surface area contributed by atoms with Crippen LogP contribution in [-0.2, 0) is 27.5 Å². The maximum absolute atomic E-state index is 13.2. The Morgan fingerprint density at radius 3 is 2.62 bits per heavy atom. The fourth-order valence-corrected chi connectivity index (χ4v) is 7.34. The zero-order valence-electron chi connectivity index (χ0n) is 21.8. The van der Waals surface area contributed by atoms with Gasteiger partial charge in [0, 0.05) is 47.1 Å². The topological polar surface area (TPSA) is 168 Å². The number of carbonyl (C=O) groups excluding carboxylic acids is 2. The van der Waals surface area contributed by atoms with Gasteiger partial charge in [-0.2, -0.15) is 5.10 Å². The summed E-state index contributed by atoms with van der Waals surface area (Å²) in [5, 5.41) is 35.0.